The molecule has 0 saturated carbocycles. The third-order valence-corrected chi connectivity index (χ3v) is 4.70. The van der Waals surface area contributed by atoms with Crippen molar-refractivity contribution in [1.29, 1.82) is 0 Å². The highest BCUT2D eigenvalue weighted by molar-refractivity contribution is 6.33. The molecule has 0 aromatic carbocycles. The van der Waals surface area contributed by atoms with E-state index < -0.39 is 0 Å². The van der Waals surface area contributed by atoms with Gasteiger partial charge in [0.1, 0.15) is 11.5 Å². The van der Waals surface area contributed by atoms with Gasteiger partial charge in [0.15, 0.2) is 0 Å². The highest BCUT2D eigenvalue weighted by atomic mass is 35.5. The summed E-state index contributed by atoms with van der Waals surface area (Å²) in [6.45, 7) is 3.83. The van der Waals surface area contributed by atoms with Gasteiger partial charge in [-0.15, -0.1) is 0 Å². The van der Waals surface area contributed by atoms with Crippen LogP contribution in [0.25, 0.3) is 0 Å². The summed E-state index contributed by atoms with van der Waals surface area (Å²) in [5.41, 5.74) is 0.356. The highest BCUT2D eigenvalue weighted by Gasteiger charge is 2.31. The van der Waals surface area contributed by atoms with Gasteiger partial charge < -0.3 is 10.2 Å². The first-order valence-electron chi connectivity index (χ1n) is 7.56. The maximum absolute atomic E-state index is 12.8. The van der Waals surface area contributed by atoms with Crippen molar-refractivity contribution in [3.05, 3.63) is 22.8 Å². The minimum Gasteiger partial charge on any atom is -0.373 e. The Morgan fingerprint density at radius 3 is 2.95 bits per heavy atom. The zero-order valence-corrected chi connectivity index (χ0v) is 13.1. The molecule has 2 fully saturated rings. The van der Waals surface area contributed by atoms with Crippen molar-refractivity contribution in [2.75, 3.05) is 38.5 Å². The number of nitrogens with zero attached hydrogens (tertiary/aromatic N) is 3. The summed E-state index contributed by atoms with van der Waals surface area (Å²) in [6.07, 6.45) is 3.44. The van der Waals surface area contributed by atoms with Crippen molar-refractivity contribution < 1.29 is 4.79 Å². The molecular weight excluding hydrogens is 288 g/mol. The Bertz CT molecular complexity index is 536. The number of aromatic nitrogens is 1. The Morgan fingerprint density at radius 1 is 1.33 bits per heavy atom. The monoisotopic (exact) mass is 308 g/mol. The summed E-state index contributed by atoms with van der Waals surface area (Å²) >= 11 is 6.17. The number of hydrogen-bond acceptors (Lipinski definition) is 4. The number of fused-ring (bicyclic) bond motifs is 1. The lowest BCUT2D eigenvalue weighted by atomic mass is 10.2. The predicted octanol–water partition coefficient (Wildman–Crippen LogP) is 2.09. The van der Waals surface area contributed by atoms with Crippen molar-refractivity contribution in [2.24, 2.45) is 0 Å². The largest absolute Gasteiger partial charge is 0.373 e. The van der Waals surface area contributed by atoms with E-state index in [9.17, 15) is 4.79 Å². The third kappa shape index (κ3) is 2.99. The summed E-state index contributed by atoms with van der Waals surface area (Å²) in [5.74, 6) is 0.617. The molecule has 1 amide bonds. The van der Waals surface area contributed by atoms with Gasteiger partial charge >= 0.3 is 0 Å². The van der Waals surface area contributed by atoms with E-state index >= 15 is 0 Å². The van der Waals surface area contributed by atoms with Crippen LogP contribution in [0.3, 0.4) is 0 Å². The first kappa shape index (κ1) is 14.6. The van der Waals surface area contributed by atoms with Crippen LogP contribution in [0.2, 0.25) is 5.02 Å². The molecule has 1 N–H and O–H groups in total. The predicted molar refractivity (Wildman–Crippen MR) is 83.9 cm³/mol. The van der Waals surface area contributed by atoms with Crippen LogP contribution in [-0.2, 0) is 0 Å². The average Bonchev–Trinajstić information content (AvgIpc) is 2.84. The fraction of sp³-hybridized carbons (Fsp3) is 0.600. The van der Waals surface area contributed by atoms with Crippen LogP contribution in [0, 0.1) is 0 Å². The number of carbonyl (C=O) groups excluding carboxylic acids is 1. The van der Waals surface area contributed by atoms with E-state index in [4.69, 9.17) is 11.6 Å². The third-order valence-electron chi connectivity index (χ3n) is 4.40. The zero-order valence-electron chi connectivity index (χ0n) is 12.3. The van der Waals surface area contributed by atoms with Crippen LogP contribution in [0.15, 0.2) is 12.1 Å². The summed E-state index contributed by atoms with van der Waals surface area (Å²) < 4.78 is 0. The Kier molecular flexibility index (Phi) is 4.31. The second kappa shape index (κ2) is 6.20. The number of pyridine rings is 1. The van der Waals surface area contributed by atoms with Crippen molar-refractivity contribution in [3.8, 4) is 0 Å². The Hall–Kier alpha value is -1.33. The zero-order chi connectivity index (χ0) is 14.8. The molecule has 1 aromatic rings. The van der Waals surface area contributed by atoms with Crippen molar-refractivity contribution in [1.82, 2.24) is 14.8 Å². The van der Waals surface area contributed by atoms with Crippen molar-refractivity contribution in [3.63, 3.8) is 0 Å². The molecule has 2 aliphatic rings. The van der Waals surface area contributed by atoms with E-state index in [1.165, 1.54) is 19.4 Å². The lowest BCUT2D eigenvalue weighted by molar-refractivity contribution is 0.0738. The average molecular weight is 309 g/mol. The number of anilines is 1. The molecule has 2 aliphatic heterocycles. The van der Waals surface area contributed by atoms with Gasteiger partial charge in [0.2, 0.25) is 0 Å². The molecule has 0 radical (unpaired) electrons. The van der Waals surface area contributed by atoms with E-state index in [2.05, 4.69) is 15.2 Å². The van der Waals surface area contributed by atoms with Crippen molar-refractivity contribution >= 4 is 23.3 Å². The molecular formula is C15H21ClN4O. The van der Waals surface area contributed by atoms with E-state index in [0.29, 0.717) is 22.6 Å². The molecule has 1 aromatic heterocycles. The minimum atomic E-state index is -0.0501. The van der Waals surface area contributed by atoms with Gasteiger partial charge in [-0.2, -0.15) is 0 Å². The second-order valence-corrected chi connectivity index (χ2v) is 6.12. The standard InChI is InChI=1S/C15H21ClN4O/c1-17-13-6-5-12(16)14(18-13)15(21)20-9-3-8-19-7-2-4-11(19)10-20/h5-6,11H,2-4,7-10H2,1H3,(H,17,18). The second-order valence-electron chi connectivity index (χ2n) is 5.71. The molecule has 0 spiro atoms. The summed E-state index contributed by atoms with van der Waals surface area (Å²) in [5, 5.41) is 3.38. The number of halogens is 1. The Labute approximate surface area is 130 Å². The number of nitrogens with one attached hydrogen (secondary N) is 1. The minimum absolute atomic E-state index is 0.0501. The fourth-order valence-electron chi connectivity index (χ4n) is 3.27. The van der Waals surface area contributed by atoms with Crippen LogP contribution < -0.4 is 5.32 Å². The molecule has 1 atom stereocenters. The molecule has 6 heteroatoms. The topological polar surface area (TPSA) is 48.5 Å². The van der Waals surface area contributed by atoms with Gasteiger partial charge in [-0.05, 0) is 37.9 Å². The van der Waals surface area contributed by atoms with E-state index in [1.807, 2.05) is 4.90 Å². The van der Waals surface area contributed by atoms with Crippen molar-refractivity contribution in [2.45, 2.75) is 25.3 Å². The van der Waals surface area contributed by atoms with Gasteiger partial charge in [0.25, 0.3) is 5.91 Å². The lowest BCUT2D eigenvalue weighted by Crippen LogP contribution is -2.40. The quantitative estimate of drug-likeness (QED) is 0.909. The molecule has 1 unspecified atom stereocenters. The van der Waals surface area contributed by atoms with Crippen LogP contribution in [0.1, 0.15) is 29.8 Å². The molecule has 0 aliphatic carbocycles. The summed E-state index contributed by atoms with van der Waals surface area (Å²) in [4.78, 5) is 21.5. The molecule has 3 heterocycles. The number of rotatable bonds is 2. The fourth-order valence-corrected chi connectivity index (χ4v) is 3.46. The number of carbonyl (C=O) groups is 1. The number of hydrogen-bond donors (Lipinski definition) is 1. The molecule has 114 valence electrons. The van der Waals surface area contributed by atoms with Crippen LogP contribution >= 0.6 is 11.6 Å². The highest BCUT2D eigenvalue weighted by Crippen LogP contribution is 2.24. The smallest absolute Gasteiger partial charge is 0.274 e. The molecule has 2 saturated heterocycles. The molecule has 21 heavy (non-hydrogen) atoms. The maximum atomic E-state index is 12.8. The maximum Gasteiger partial charge on any atom is 0.274 e. The summed E-state index contributed by atoms with van der Waals surface area (Å²) in [7, 11) is 1.78. The van der Waals surface area contributed by atoms with Gasteiger partial charge in [-0.1, -0.05) is 11.6 Å². The van der Waals surface area contributed by atoms with Crippen LogP contribution in [0.4, 0.5) is 5.82 Å². The molecule has 5 nitrogen and oxygen atoms in total. The van der Waals surface area contributed by atoms with E-state index in [1.54, 1.807) is 19.2 Å². The lowest BCUT2D eigenvalue weighted by Gasteiger charge is -2.25. The first-order chi connectivity index (χ1) is 10.2. The number of amides is 1. The molecule has 0 bridgehead atoms. The Balaban J connectivity index is 1.80. The van der Waals surface area contributed by atoms with Gasteiger partial charge in [0.05, 0.1) is 5.02 Å². The summed E-state index contributed by atoms with van der Waals surface area (Å²) in [6, 6.07) is 4.01. The van der Waals surface area contributed by atoms with E-state index in [-0.39, 0.29) is 5.91 Å². The van der Waals surface area contributed by atoms with E-state index in [0.717, 1.165) is 26.1 Å². The van der Waals surface area contributed by atoms with Crippen LogP contribution in [0.5, 0.6) is 0 Å². The SMILES string of the molecule is CNc1ccc(Cl)c(C(=O)N2CCCN3CCCC3C2)n1. The molecule has 3 rings (SSSR count). The van der Waals surface area contributed by atoms with Gasteiger partial charge in [-0.25, -0.2) is 4.98 Å². The van der Waals surface area contributed by atoms with Gasteiger partial charge in [0, 0.05) is 32.7 Å². The first-order valence-corrected chi connectivity index (χ1v) is 7.94. The van der Waals surface area contributed by atoms with Gasteiger partial charge in [-0.3, -0.25) is 9.69 Å². The normalized spacial score (nSPS) is 22.8. The Morgan fingerprint density at radius 2 is 2.14 bits per heavy atom. The van der Waals surface area contributed by atoms with Crippen LogP contribution in [-0.4, -0.2) is 60.0 Å².